The maximum absolute atomic E-state index is 4.93. The van der Waals surface area contributed by atoms with E-state index in [1.165, 1.54) is 12.8 Å². The zero-order valence-electron chi connectivity index (χ0n) is 18.8. The molecule has 160 valence electrons. The Kier molecular flexibility index (Phi) is 11.1. The molecule has 2 fully saturated rings. The van der Waals surface area contributed by atoms with Crippen molar-refractivity contribution in [2.45, 2.75) is 75.2 Å². The van der Waals surface area contributed by atoms with Gasteiger partial charge >= 0.3 is 37.9 Å². The van der Waals surface area contributed by atoms with Crippen LogP contribution in [0.1, 0.15) is 40.5 Å². The summed E-state index contributed by atoms with van der Waals surface area (Å²) in [5.41, 5.74) is 5.39. The molecule has 2 aliphatic carbocycles. The van der Waals surface area contributed by atoms with Crippen LogP contribution in [0.4, 0.5) is 0 Å². The van der Waals surface area contributed by atoms with Gasteiger partial charge in [0.2, 0.25) is 0 Å². The first-order valence-electron chi connectivity index (χ1n) is 9.84. The standard InChI is InChI=1S/C20H32S2Si.2CH3.2ClH.Zr/c1-11-7-15-13(3)9-21-17(15)19(11)23(5,6)20-12(2)8-16-14(4)10-22-18(16)20;;;;;/h9-12,15-20H,7-8H2,1-6H3;2*1H3;2*1H;/q;2*-1;;;+4/p-2. The van der Waals surface area contributed by atoms with E-state index in [0.717, 1.165) is 45.3 Å². The second-order valence-corrected chi connectivity index (χ2v) is 20.3. The monoisotopic (exact) mass is 554 g/mol. The van der Waals surface area contributed by atoms with E-state index < -0.39 is 28.9 Å². The molecule has 4 aliphatic rings. The predicted octanol–water partition coefficient (Wildman–Crippen LogP) is 9.06. The van der Waals surface area contributed by atoms with Crippen LogP contribution in [0.15, 0.2) is 22.0 Å². The Morgan fingerprint density at radius 2 is 1.18 bits per heavy atom. The summed E-state index contributed by atoms with van der Waals surface area (Å²) in [7, 11) is 8.57. The summed E-state index contributed by atoms with van der Waals surface area (Å²) >= 11 is 3.57. The van der Waals surface area contributed by atoms with Gasteiger partial charge in [-0.05, 0) is 72.3 Å². The normalized spacial score (nSPS) is 40.7. The molecule has 2 aliphatic heterocycles. The van der Waals surface area contributed by atoms with Gasteiger partial charge in [-0.3, -0.25) is 0 Å². The summed E-state index contributed by atoms with van der Waals surface area (Å²) in [4.78, 5) is 0. The predicted molar refractivity (Wildman–Crippen MR) is 134 cm³/mol. The van der Waals surface area contributed by atoms with Gasteiger partial charge in [-0.2, -0.15) is 0 Å². The maximum atomic E-state index is 4.93. The van der Waals surface area contributed by atoms with Crippen LogP contribution in [0.3, 0.4) is 0 Å². The molecule has 0 spiro atoms. The first-order chi connectivity index (χ1) is 12.2. The molecule has 0 aromatic carbocycles. The summed E-state index contributed by atoms with van der Waals surface area (Å²) in [6.07, 6.45) is 2.92. The molecule has 8 unspecified atom stereocenters. The summed E-state index contributed by atoms with van der Waals surface area (Å²) in [6, 6.07) is 0. The van der Waals surface area contributed by atoms with Gasteiger partial charge in [-0.25, -0.2) is 0 Å². The first kappa shape index (κ1) is 27.9. The van der Waals surface area contributed by atoms with E-state index in [9.17, 15) is 0 Å². The minimum atomic E-state index is -1.30. The molecule has 0 radical (unpaired) electrons. The Morgan fingerprint density at radius 3 is 1.50 bits per heavy atom. The summed E-state index contributed by atoms with van der Waals surface area (Å²) in [5.74, 6) is 3.68. The van der Waals surface area contributed by atoms with Crippen LogP contribution in [0.5, 0.6) is 0 Å². The van der Waals surface area contributed by atoms with Crippen molar-refractivity contribution in [1.29, 1.82) is 0 Å². The Labute approximate surface area is 203 Å². The summed E-state index contributed by atoms with van der Waals surface area (Å²) in [5, 5.41) is 6.82. The van der Waals surface area contributed by atoms with Crippen LogP contribution in [-0.2, 0) is 20.8 Å². The Balaban J connectivity index is 0.000000739. The average molecular weight is 557 g/mol. The van der Waals surface area contributed by atoms with Gasteiger partial charge in [0.05, 0.1) is 8.07 Å². The fraction of sp³-hybridized carbons (Fsp3) is 0.727. The van der Waals surface area contributed by atoms with Crippen LogP contribution in [0.25, 0.3) is 0 Å². The molecule has 0 bridgehead atoms. The topological polar surface area (TPSA) is 0 Å². The van der Waals surface area contributed by atoms with Crippen LogP contribution in [-0.4, -0.2) is 18.6 Å². The molecule has 2 heterocycles. The molecule has 8 atom stereocenters. The Hall–Kier alpha value is 1.86. The van der Waals surface area contributed by atoms with E-state index >= 15 is 0 Å². The molecule has 0 N–H and O–H groups in total. The quantitative estimate of drug-likeness (QED) is 0.246. The molecule has 6 heteroatoms. The number of allylic oxidation sites excluding steroid dienone is 2. The molecular formula is C22H38Cl2S2SiZr. The van der Waals surface area contributed by atoms with Gasteiger partial charge in [0.1, 0.15) is 0 Å². The van der Waals surface area contributed by atoms with Crippen molar-refractivity contribution in [3.8, 4) is 0 Å². The second-order valence-electron chi connectivity index (χ2n) is 9.51. The zero-order valence-corrected chi connectivity index (χ0v) is 25.4. The first-order valence-corrected chi connectivity index (χ1v) is 21.2. The van der Waals surface area contributed by atoms with E-state index in [4.69, 9.17) is 17.0 Å². The molecule has 0 aromatic heterocycles. The number of hydrogen-bond donors (Lipinski definition) is 0. The van der Waals surface area contributed by atoms with Crippen LogP contribution >= 0.6 is 40.5 Å². The van der Waals surface area contributed by atoms with E-state index in [-0.39, 0.29) is 14.9 Å². The molecule has 0 saturated heterocycles. The average Bonchev–Trinajstić information content (AvgIpc) is 3.25. The van der Waals surface area contributed by atoms with Gasteiger partial charge in [0.15, 0.2) is 0 Å². The van der Waals surface area contributed by atoms with Gasteiger partial charge < -0.3 is 14.9 Å². The Bertz CT molecular complexity index is 547. The number of thioether (sulfide) groups is 2. The van der Waals surface area contributed by atoms with Crippen LogP contribution in [0, 0.1) is 38.5 Å². The summed E-state index contributed by atoms with van der Waals surface area (Å²) in [6.45, 7) is 15.5. The zero-order chi connectivity index (χ0) is 19.2. The molecular weight excluding hydrogens is 519 g/mol. The van der Waals surface area contributed by atoms with Crippen LogP contribution in [0.2, 0.25) is 24.2 Å². The number of rotatable bonds is 2. The van der Waals surface area contributed by atoms with E-state index in [1.807, 2.05) is 0 Å². The van der Waals surface area contributed by atoms with Crippen molar-refractivity contribution in [3.63, 3.8) is 0 Å². The van der Waals surface area contributed by atoms with Crippen molar-refractivity contribution >= 4 is 48.6 Å². The van der Waals surface area contributed by atoms with Crippen LogP contribution < -0.4 is 0 Å². The Morgan fingerprint density at radius 1 is 0.857 bits per heavy atom. The molecule has 28 heavy (non-hydrogen) atoms. The third kappa shape index (κ3) is 4.93. The van der Waals surface area contributed by atoms with Gasteiger partial charge in [0.25, 0.3) is 0 Å². The van der Waals surface area contributed by atoms with Gasteiger partial charge in [-0.15, -0.1) is 23.5 Å². The molecule has 4 rings (SSSR count). The number of fused-ring (bicyclic) bond motifs is 2. The molecule has 0 amide bonds. The van der Waals surface area contributed by atoms with Crippen molar-refractivity contribution in [3.05, 3.63) is 36.8 Å². The second kappa shape index (κ2) is 11.1. The third-order valence-electron chi connectivity index (χ3n) is 7.69. The molecule has 2 saturated carbocycles. The minimum absolute atomic E-state index is 0. The number of halogens is 2. The third-order valence-corrected chi connectivity index (χ3v) is 16.4. The van der Waals surface area contributed by atoms with Crippen molar-refractivity contribution in [2.75, 3.05) is 0 Å². The van der Waals surface area contributed by atoms with E-state index in [0.29, 0.717) is 0 Å². The molecule has 0 aromatic rings. The van der Waals surface area contributed by atoms with Gasteiger partial charge in [0, 0.05) is 10.5 Å². The van der Waals surface area contributed by atoms with Gasteiger partial charge in [-0.1, -0.05) is 38.1 Å². The fourth-order valence-corrected chi connectivity index (χ4v) is 18.2. The number of hydrogen-bond acceptors (Lipinski definition) is 2. The van der Waals surface area contributed by atoms with Crippen molar-refractivity contribution < 1.29 is 20.8 Å². The van der Waals surface area contributed by atoms with E-state index in [1.54, 1.807) is 11.1 Å². The SMILES string of the molecule is CC1=CSC2C1CC(C)C2[Si](C)(C)C1C(C)CC2C(C)=CSC21.[CH3-].[CH3-].[Cl][Zr+2][Cl]. The van der Waals surface area contributed by atoms with Crippen molar-refractivity contribution in [1.82, 2.24) is 0 Å². The van der Waals surface area contributed by atoms with E-state index in [2.05, 4.69) is 75.1 Å². The summed E-state index contributed by atoms with van der Waals surface area (Å²) < 4.78 is 0. The fourth-order valence-electron chi connectivity index (χ4n) is 6.84. The molecule has 0 nitrogen and oxygen atoms in total. The van der Waals surface area contributed by atoms with Crippen molar-refractivity contribution in [2.24, 2.45) is 23.7 Å².